The van der Waals surface area contributed by atoms with Gasteiger partial charge in [0.05, 0.1) is 22.1 Å². The lowest BCUT2D eigenvalue weighted by molar-refractivity contribution is 0.621. The Morgan fingerprint density at radius 1 is 0.349 bits per heavy atom. The topological polar surface area (TPSA) is 74.6 Å². The van der Waals surface area contributed by atoms with Gasteiger partial charge in [0, 0.05) is 49.5 Å². The SMILES string of the molecule is c1ccc(-c2nc(-c3cccc4ccccc34)nc(-n3c4ccccc4c4ccc5c6ccccc6n(-c6ccc(-c7cccc8nc(-c9ccccc9)oc78)cc6)c5c43)n2)cc1. The second kappa shape index (κ2) is 13.9. The molecule has 7 nitrogen and oxygen atoms in total. The Bertz CT molecular complexity index is 3900. The van der Waals surface area contributed by atoms with Crippen LogP contribution in [0.5, 0.6) is 0 Å². The van der Waals surface area contributed by atoms with E-state index in [1.54, 1.807) is 0 Å². The van der Waals surface area contributed by atoms with Gasteiger partial charge in [-0.15, -0.1) is 0 Å². The van der Waals surface area contributed by atoms with Gasteiger partial charge < -0.3 is 8.98 Å². The summed E-state index contributed by atoms with van der Waals surface area (Å²) in [5.41, 5.74) is 11.7. The summed E-state index contributed by atoms with van der Waals surface area (Å²) in [6.45, 7) is 0. The first-order chi connectivity index (χ1) is 31.2. The summed E-state index contributed by atoms with van der Waals surface area (Å²) in [6, 6.07) is 71.6. The van der Waals surface area contributed by atoms with Crippen LogP contribution in [0, 0.1) is 0 Å². The van der Waals surface area contributed by atoms with Crippen molar-refractivity contribution >= 4 is 65.5 Å². The van der Waals surface area contributed by atoms with Crippen LogP contribution in [0.25, 0.3) is 122 Å². The lowest BCUT2D eigenvalue weighted by Gasteiger charge is -2.14. The fourth-order valence-corrected chi connectivity index (χ4v) is 9.37. The highest BCUT2D eigenvalue weighted by molar-refractivity contribution is 6.23. The largest absolute Gasteiger partial charge is 0.435 e. The quantitative estimate of drug-likeness (QED) is 0.167. The molecule has 4 aromatic heterocycles. The first-order valence-electron chi connectivity index (χ1n) is 21.1. The molecule has 4 heterocycles. The van der Waals surface area contributed by atoms with Crippen LogP contribution >= 0.6 is 0 Å². The second-order valence-electron chi connectivity index (χ2n) is 15.8. The average molecular weight is 807 g/mol. The van der Waals surface area contributed by atoms with Crippen molar-refractivity contribution in [3.8, 4) is 57.0 Å². The molecule has 7 heteroatoms. The van der Waals surface area contributed by atoms with Crippen molar-refractivity contribution in [3.05, 3.63) is 206 Å². The van der Waals surface area contributed by atoms with Gasteiger partial charge in [0.2, 0.25) is 11.8 Å². The highest BCUT2D eigenvalue weighted by atomic mass is 16.3. The molecule has 0 spiro atoms. The van der Waals surface area contributed by atoms with Gasteiger partial charge in [0.25, 0.3) is 0 Å². The zero-order chi connectivity index (χ0) is 41.4. The van der Waals surface area contributed by atoms with Crippen LogP contribution in [0.3, 0.4) is 0 Å². The monoisotopic (exact) mass is 806 g/mol. The normalized spacial score (nSPS) is 11.8. The maximum atomic E-state index is 6.45. The Morgan fingerprint density at radius 3 is 1.67 bits per heavy atom. The third-order valence-corrected chi connectivity index (χ3v) is 12.2. The lowest BCUT2D eigenvalue weighted by atomic mass is 10.0. The zero-order valence-electron chi connectivity index (χ0n) is 33.7. The number of rotatable bonds is 6. The Hall–Kier alpha value is -8.68. The van der Waals surface area contributed by atoms with Crippen molar-refractivity contribution in [1.82, 2.24) is 29.1 Å². The van der Waals surface area contributed by atoms with Crippen molar-refractivity contribution in [2.45, 2.75) is 0 Å². The van der Waals surface area contributed by atoms with E-state index >= 15 is 0 Å². The van der Waals surface area contributed by atoms with E-state index in [0.29, 0.717) is 23.5 Å². The molecule has 9 aromatic carbocycles. The number of benzene rings is 9. The molecule has 0 aliphatic carbocycles. The van der Waals surface area contributed by atoms with E-state index in [1.807, 2.05) is 60.7 Å². The predicted molar refractivity (Wildman–Crippen MR) is 255 cm³/mol. The molecule has 0 unspecified atom stereocenters. The number of fused-ring (bicyclic) bond motifs is 9. The summed E-state index contributed by atoms with van der Waals surface area (Å²) in [6.07, 6.45) is 0. The summed E-state index contributed by atoms with van der Waals surface area (Å²) < 4.78 is 11.1. The first-order valence-corrected chi connectivity index (χ1v) is 21.1. The van der Waals surface area contributed by atoms with Gasteiger partial charge in [-0.1, -0.05) is 164 Å². The lowest BCUT2D eigenvalue weighted by Crippen LogP contribution is -2.07. The van der Waals surface area contributed by atoms with Crippen LogP contribution in [0.15, 0.2) is 211 Å². The summed E-state index contributed by atoms with van der Waals surface area (Å²) >= 11 is 0. The molecule has 13 rings (SSSR count). The van der Waals surface area contributed by atoms with Gasteiger partial charge in [-0.2, -0.15) is 9.97 Å². The number of para-hydroxylation sites is 3. The Morgan fingerprint density at radius 2 is 0.921 bits per heavy atom. The predicted octanol–water partition coefficient (Wildman–Crippen LogP) is 14.0. The van der Waals surface area contributed by atoms with Crippen LogP contribution in [-0.4, -0.2) is 29.1 Å². The molecule has 63 heavy (non-hydrogen) atoms. The van der Waals surface area contributed by atoms with Gasteiger partial charge in [0.15, 0.2) is 17.2 Å². The summed E-state index contributed by atoms with van der Waals surface area (Å²) in [7, 11) is 0. The maximum Gasteiger partial charge on any atom is 0.238 e. The minimum atomic E-state index is 0.549. The zero-order valence-corrected chi connectivity index (χ0v) is 33.7. The van der Waals surface area contributed by atoms with Crippen LogP contribution in [-0.2, 0) is 0 Å². The standard InChI is InChI=1S/C56H34N6O/c1-3-16-37(17-4-1)53-58-54(46-25-13-20-35-15-7-8-21-40(35)46)60-56(59-53)62-49-28-12-10-23-43(49)45-34-33-44-42-22-9-11-27-48(42)61(50(44)51(45)62)39-31-29-36(30-32-39)41-24-14-26-47-52(41)63-55(57-47)38-18-5-2-6-19-38/h1-34H. The first kappa shape index (κ1) is 35.1. The van der Waals surface area contributed by atoms with Crippen molar-refractivity contribution in [1.29, 1.82) is 0 Å². The molecule has 0 saturated heterocycles. The molecule has 0 aliphatic heterocycles. The number of nitrogens with zero attached hydrogens (tertiary/aromatic N) is 6. The maximum absolute atomic E-state index is 6.45. The molecule has 0 N–H and O–H groups in total. The van der Waals surface area contributed by atoms with Crippen molar-refractivity contribution in [3.63, 3.8) is 0 Å². The molecule has 294 valence electrons. The Labute approximate surface area is 360 Å². The summed E-state index contributed by atoms with van der Waals surface area (Å²) in [4.78, 5) is 20.7. The van der Waals surface area contributed by atoms with Gasteiger partial charge >= 0.3 is 0 Å². The highest BCUT2D eigenvalue weighted by Gasteiger charge is 2.24. The highest BCUT2D eigenvalue weighted by Crippen LogP contribution is 2.42. The van der Waals surface area contributed by atoms with Crippen LogP contribution in [0.2, 0.25) is 0 Å². The van der Waals surface area contributed by atoms with E-state index in [-0.39, 0.29) is 0 Å². The number of hydrogen-bond acceptors (Lipinski definition) is 5. The van der Waals surface area contributed by atoms with Crippen molar-refractivity contribution in [2.75, 3.05) is 0 Å². The second-order valence-corrected chi connectivity index (χ2v) is 15.8. The van der Waals surface area contributed by atoms with Gasteiger partial charge in [-0.25, -0.2) is 9.97 Å². The molecule has 13 aromatic rings. The van der Waals surface area contributed by atoms with Gasteiger partial charge in [-0.3, -0.25) is 4.57 Å². The molecule has 0 amide bonds. The van der Waals surface area contributed by atoms with Gasteiger partial charge in [-0.05, 0) is 58.8 Å². The van der Waals surface area contributed by atoms with Crippen LogP contribution in [0.1, 0.15) is 0 Å². The van der Waals surface area contributed by atoms with E-state index in [4.69, 9.17) is 24.4 Å². The average Bonchev–Trinajstić information content (AvgIpc) is 4.05. The van der Waals surface area contributed by atoms with E-state index in [0.717, 1.165) is 99.0 Å². The molecule has 0 atom stereocenters. The fourth-order valence-electron chi connectivity index (χ4n) is 9.37. The molecular formula is C56H34N6O. The smallest absolute Gasteiger partial charge is 0.238 e. The summed E-state index contributed by atoms with van der Waals surface area (Å²) in [5, 5.41) is 6.73. The third-order valence-electron chi connectivity index (χ3n) is 12.2. The minimum Gasteiger partial charge on any atom is -0.435 e. The molecule has 0 radical (unpaired) electrons. The van der Waals surface area contributed by atoms with E-state index < -0.39 is 0 Å². The van der Waals surface area contributed by atoms with E-state index in [1.165, 1.54) is 0 Å². The van der Waals surface area contributed by atoms with Crippen molar-refractivity contribution < 1.29 is 4.42 Å². The molecule has 0 aliphatic rings. The van der Waals surface area contributed by atoms with E-state index in [2.05, 4.69) is 155 Å². The minimum absolute atomic E-state index is 0.549. The molecular weight excluding hydrogens is 773 g/mol. The number of aromatic nitrogens is 6. The molecule has 0 saturated carbocycles. The molecule has 0 bridgehead atoms. The van der Waals surface area contributed by atoms with Crippen LogP contribution in [0.4, 0.5) is 0 Å². The van der Waals surface area contributed by atoms with Crippen molar-refractivity contribution in [2.24, 2.45) is 0 Å². The van der Waals surface area contributed by atoms with Crippen LogP contribution < -0.4 is 0 Å². The summed E-state index contributed by atoms with van der Waals surface area (Å²) in [5.74, 6) is 2.38. The Kier molecular flexibility index (Phi) is 7.77. The third kappa shape index (κ3) is 5.53. The number of hydrogen-bond donors (Lipinski definition) is 0. The number of oxazole rings is 1. The Balaban J connectivity index is 1.07. The fraction of sp³-hybridized carbons (Fsp3) is 0. The molecule has 0 fully saturated rings. The van der Waals surface area contributed by atoms with E-state index in [9.17, 15) is 0 Å². The van der Waals surface area contributed by atoms with Gasteiger partial charge in [0.1, 0.15) is 5.52 Å².